The number of nitrogens with zero attached hydrogens (tertiary/aromatic N) is 2. The Bertz CT molecular complexity index is 415. The van der Waals surface area contributed by atoms with Gasteiger partial charge in [0.15, 0.2) is 5.84 Å². The third-order valence-electron chi connectivity index (χ3n) is 6.09. The van der Waals surface area contributed by atoms with Crippen molar-refractivity contribution in [1.82, 2.24) is 0 Å². The summed E-state index contributed by atoms with van der Waals surface area (Å²) in [5.41, 5.74) is 0. The molecule has 0 radical (unpaired) electrons. The SMILES string of the molecule is CCCCCCCC/C=C\CCCCCCCC1=NCC[N+]1(CCO)CCO. The van der Waals surface area contributed by atoms with Crippen LogP contribution in [0.25, 0.3) is 0 Å². The van der Waals surface area contributed by atoms with Crippen molar-refractivity contribution in [3.05, 3.63) is 12.2 Å². The van der Waals surface area contributed by atoms with Gasteiger partial charge in [0.05, 0.1) is 19.8 Å². The molecule has 1 aliphatic rings. The molecule has 0 bridgehead atoms. The van der Waals surface area contributed by atoms with E-state index in [0.29, 0.717) is 13.1 Å². The van der Waals surface area contributed by atoms with E-state index >= 15 is 0 Å². The molecule has 0 fully saturated rings. The molecule has 164 valence electrons. The van der Waals surface area contributed by atoms with Crippen LogP contribution in [0.2, 0.25) is 0 Å². The molecule has 0 aromatic carbocycles. The molecule has 1 rings (SSSR count). The van der Waals surface area contributed by atoms with Crippen molar-refractivity contribution in [1.29, 1.82) is 0 Å². The molecule has 0 saturated carbocycles. The molecule has 0 aromatic heterocycles. The number of rotatable bonds is 19. The van der Waals surface area contributed by atoms with E-state index in [4.69, 9.17) is 0 Å². The maximum Gasteiger partial charge on any atom is 0.198 e. The van der Waals surface area contributed by atoms with Crippen LogP contribution in [0.3, 0.4) is 0 Å². The summed E-state index contributed by atoms with van der Waals surface area (Å²) >= 11 is 0. The molecule has 2 N–H and O–H groups in total. The van der Waals surface area contributed by atoms with Crippen LogP contribution < -0.4 is 0 Å². The van der Waals surface area contributed by atoms with E-state index in [1.165, 1.54) is 89.3 Å². The van der Waals surface area contributed by atoms with E-state index < -0.39 is 0 Å². The molecular formula is C24H47N2O2+. The molecule has 0 aliphatic carbocycles. The number of hydrogen-bond donors (Lipinski definition) is 2. The number of quaternary nitrogens is 1. The smallest absolute Gasteiger partial charge is 0.198 e. The second-order valence-electron chi connectivity index (χ2n) is 8.40. The Morgan fingerprint density at radius 3 is 1.89 bits per heavy atom. The maximum absolute atomic E-state index is 9.38. The highest BCUT2D eigenvalue weighted by atomic mass is 16.3. The Balaban J connectivity index is 1.98. The summed E-state index contributed by atoms with van der Waals surface area (Å²) in [6, 6.07) is 0. The first-order valence-corrected chi connectivity index (χ1v) is 12.1. The Kier molecular flexibility index (Phi) is 15.5. The zero-order valence-electron chi connectivity index (χ0n) is 18.6. The minimum Gasteiger partial charge on any atom is -0.390 e. The summed E-state index contributed by atoms with van der Waals surface area (Å²) in [4.78, 5) is 4.69. The van der Waals surface area contributed by atoms with E-state index in [-0.39, 0.29) is 13.2 Å². The van der Waals surface area contributed by atoms with Gasteiger partial charge in [-0.25, -0.2) is 4.99 Å². The number of hydrogen-bond acceptors (Lipinski definition) is 3. The fraction of sp³-hybridized carbons (Fsp3) is 0.875. The van der Waals surface area contributed by atoms with Crippen molar-refractivity contribution in [3.8, 4) is 0 Å². The summed E-state index contributed by atoms with van der Waals surface area (Å²) in [6.07, 6.45) is 23.0. The number of unbranched alkanes of at least 4 members (excludes halogenated alkanes) is 11. The standard InChI is InChI=1S/C24H47N2O2/c1-2-3-4-5-6-7-8-9-10-11-12-13-14-15-16-17-24-25-18-19-26(24,20-22-27)21-23-28/h9-10,27-28H,2-8,11-23H2,1H3/q+1/b10-9-. The summed E-state index contributed by atoms with van der Waals surface area (Å²) in [5, 5.41) is 18.8. The fourth-order valence-corrected chi connectivity index (χ4v) is 4.30. The first kappa shape index (κ1) is 25.3. The average Bonchev–Trinajstić information content (AvgIpc) is 3.07. The predicted molar refractivity (Wildman–Crippen MR) is 121 cm³/mol. The summed E-state index contributed by atoms with van der Waals surface area (Å²) in [7, 11) is 0. The van der Waals surface area contributed by atoms with Crippen molar-refractivity contribution >= 4 is 5.84 Å². The highest BCUT2D eigenvalue weighted by Crippen LogP contribution is 2.20. The lowest BCUT2D eigenvalue weighted by Crippen LogP contribution is -2.54. The van der Waals surface area contributed by atoms with Crippen LogP contribution in [-0.2, 0) is 0 Å². The van der Waals surface area contributed by atoms with Gasteiger partial charge in [0.1, 0.15) is 19.6 Å². The molecule has 0 aromatic rings. The molecule has 1 aliphatic heterocycles. The lowest BCUT2D eigenvalue weighted by molar-refractivity contribution is -0.837. The van der Waals surface area contributed by atoms with E-state index in [0.717, 1.165) is 24.0 Å². The molecule has 4 nitrogen and oxygen atoms in total. The van der Waals surface area contributed by atoms with Gasteiger partial charge in [-0.1, -0.05) is 70.4 Å². The first-order chi connectivity index (χ1) is 13.8. The van der Waals surface area contributed by atoms with Crippen LogP contribution in [0, 0.1) is 0 Å². The molecule has 1 heterocycles. The van der Waals surface area contributed by atoms with Gasteiger partial charge in [0, 0.05) is 6.42 Å². The molecule has 0 spiro atoms. The van der Waals surface area contributed by atoms with Gasteiger partial charge in [0.2, 0.25) is 0 Å². The lowest BCUT2D eigenvalue weighted by Gasteiger charge is -2.33. The van der Waals surface area contributed by atoms with Crippen LogP contribution in [0.5, 0.6) is 0 Å². The molecule has 0 amide bonds. The predicted octanol–water partition coefficient (Wildman–Crippen LogP) is 5.24. The minimum absolute atomic E-state index is 0.172. The Hall–Kier alpha value is -0.710. The highest BCUT2D eigenvalue weighted by molar-refractivity contribution is 5.76. The first-order valence-electron chi connectivity index (χ1n) is 12.1. The van der Waals surface area contributed by atoms with Crippen molar-refractivity contribution in [3.63, 3.8) is 0 Å². The van der Waals surface area contributed by atoms with Crippen LogP contribution in [-0.4, -0.2) is 59.9 Å². The average molecular weight is 396 g/mol. The third kappa shape index (κ3) is 10.7. The second kappa shape index (κ2) is 17.2. The zero-order valence-corrected chi connectivity index (χ0v) is 18.6. The van der Waals surface area contributed by atoms with Crippen LogP contribution >= 0.6 is 0 Å². The molecule has 4 heteroatoms. The molecule has 0 atom stereocenters. The molecule has 0 unspecified atom stereocenters. The van der Waals surface area contributed by atoms with Gasteiger partial charge in [-0.3, -0.25) is 4.48 Å². The van der Waals surface area contributed by atoms with Crippen molar-refractivity contribution in [2.24, 2.45) is 4.99 Å². The third-order valence-corrected chi connectivity index (χ3v) is 6.09. The fourth-order valence-electron chi connectivity index (χ4n) is 4.30. The molecule has 28 heavy (non-hydrogen) atoms. The van der Waals surface area contributed by atoms with Gasteiger partial charge < -0.3 is 10.2 Å². The number of aliphatic imine (C=N–C) groups is 1. The normalized spacial score (nSPS) is 16.2. The number of amidine groups is 1. The van der Waals surface area contributed by atoms with E-state index in [2.05, 4.69) is 24.1 Å². The maximum atomic E-state index is 9.38. The zero-order chi connectivity index (χ0) is 20.3. The number of aliphatic hydroxyl groups excluding tert-OH is 2. The number of aliphatic hydroxyl groups is 2. The van der Waals surface area contributed by atoms with E-state index in [1.807, 2.05) is 0 Å². The van der Waals surface area contributed by atoms with Gasteiger partial charge in [-0.2, -0.15) is 0 Å². The Labute approximate surface area is 174 Å². The molecular weight excluding hydrogens is 348 g/mol. The van der Waals surface area contributed by atoms with Crippen LogP contribution in [0.4, 0.5) is 0 Å². The molecule has 0 saturated heterocycles. The van der Waals surface area contributed by atoms with Gasteiger partial charge >= 0.3 is 0 Å². The largest absolute Gasteiger partial charge is 0.390 e. The van der Waals surface area contributed by atoms with Gasteiger partial charge in [-0.05, 0) is 32.1 Å². The topological polar surface area (TPSA) is 52.8 Å². The summed E-state index contributed by atoms with van der Waals surface area (Å²) in [5.74, 6) is 1.21. The van der Waals surface area contributed by atoms with Crippen LogP contribution in [0.15, 0.2) is 17.1 Å². The monoisotopic (exact) mass is 395 g/mol. The van der Waals surface area contributed by atoms with E-state index in [1.54, 1.807) is 0 Å². The minimum atomic E-state index is 0.172. The lowest BCUT2D eigenvalue weighted by atomic mass is 10.1. The van der Waals surface area contributed by atoms with Crippen molar-refractivity contribution in [2.75, 3.05) is 39.4 Å². The van der Waals surface area contributed by atoms with Crippen molar-refractivity contribution < 1.29 is 14.7 Å². The second-order valence-corrected chi connectivity index (χ2v) is 8.40. The quantitative estimate of drug-likeness (QED) is 0.179. The van der Waals surface area contributed by atoms with Gasteiger partial charge in [-0.15, -0.1) is 0 Å². The van der Waals surface area contributed by atoms with E-state index in [9.17, 15) is 10.2 Å². The highest BCUT2D eigenvalue weighted by Gasteiger charge is 2.36. The Morgan fingerprint density at radius 2 is 1.32 bits per heavy atom. The van der Waals surface area contributed by atoms with Crippen LogP contribution in [0.1, 0.15) is 96.8 Å². The Morgan fingerprint density at radius 1 is 0.786 bits per heavy atom. The summed E-state index contributed by atoms with van der Waals surface area (Å²) < 4.78 is 0.719. The van der Waals surface area contributed by atoms with Gasteiger partial charge in [0.25, 0.3) is 0 Å². The van der Waals surface area contributed by atoms with Crippen molar-refractivity contribution in [2.45, 2.75) is 96.8 Å². The number of allylic oxidation sites excluding steroid dienone is 2. The summed E-state index contributed by atoms with van der Waals surface area (Å²) in [6.45, 7) is 5.81.